The van der Waals surface area contributed by atoms with Crippen molar-refractivity contribution in [3.63, 3.8) is 0 Å². The van der Waals surface area contributed by atoms with Crippen LogP contribution in [-0.4, -0.2) is 34.7 Å². The molecule has 1 amide bonds. The minimum atomic E-state index is -0.00750. The minimum absolute atomic E-state index is 0.00750. The van der Waals surface area contributed by atoms with Gasteiger partial charge in [0.25, 0.3) is 5.91 Å². The Kier molecular flexibility index (Phi) is 6.62. The monoisotopic (exact) mass is 323 g/mol. The summed E-state index contributed by atoms with van der Waals surface area (Å²) in [5.74, 6) is 6.93. The first-order valence-electron chi connectivity index (χ1n) is 7.36. The van der Waals surface area contributed by atoms with Gasteiger partial charge < -0.3 is 10.4 Å². The van der Waals surface area contributed by atoms with Crippen LogP contribution >= 0.6 is 23.1 Å². The second-order valence-corrected chi connectivity index (χ2v) is 7.38. The number of hydrogen-bond acceptors (Lipinski definition) is 4. The van der Waals surface area contributed by atoms with Gasteiger partial charge in [0.1, 0.15) is 4.88 Å². The first kappa shape index (κ1) is 16.4. The van der Waals surface area contributed by atoms with Gasteiger partial charge in [-0.2, -0.15) is 11.8 Å². The number of carbonyl (C=O) groups is 1. The van der Waals surface area contributed by atoms with Crippen LogP contribution in [0.4, 0.5) is 0 Å². The maximum absolute atomic E-state index is 12.4. The van der Waals surface area contributed by atoms with Gasteiger partial charge in [-0.05, 0) is 30.0 Å². The predicted octanol–water partition coefficient (Wildman–Crippen LogP) is 2.89. The average Bonchev–Trinajstić information content (AvgIpc) is 3.09. The third kappa shape index (κ3) is 4.50. The van der Waals surface area contributed by atoms with Gasteiger partial charge in [-0.15, -0.1) is 11.3 Å². The Morgan fingerprint density at radius 2 is 2.43 bits per heavy atom. The normalized spacial score (nSPS) is 20.9. The largest absolute Gasteiger partial charge is 0.395 e. The van der Waals surface area contributed by atoms with Crippen molar-refractivity contribution in [2.45, 2.75) is 43.9 Å². The molecule has 5 heteroatoms. The number of aliphatic hydroxyl groups is 1. The molecule has 1 heterocycles. The van der Waals surface area contributed by atoms with E-state index in [1.807, 2.05) is 23.2 Å². The number of aliphatic hydroxyl groups excluding tert-OH is 1. The third-order valence-electron chi connectivity index (χ3n) is 3.48. The van der Waals surface area contributed by atoms with Crippen LogP contribution in [0.25, 0.3) is 0 Å². The van der Waals surface area contributed by atoms with Crippen molar-refractivity contribution in [2.24, 2.45) is 0 Å². The Balaban J connectivity index is 2.01. The molecule has 2 unspecified atom stereocenters. The number of amides is 1. The lowest BCUT2D eigenvalue weighted by atomic mass is 10.2. The summed E-state index contributed by atoms with van der Waals surface area (Å²) in [6, 6.07) is 2.15. The van der Waals surface area contributed by atoms with Crippen LogP contribution in [0.2, 0.25) is 0 Å². The van der Waals surface area contributed by atoms with Crippen LogP contribution < -0.4 is 5.32 Å². The highest BCUT2D eigenvalue weighted by molar-refractivity contribution is 7.99. The van der Waals surface area contributed by atoms with Gasteiger partial charge in [-0.1, -0.05) is 25.2 Å². The van der Waals surface area contributed by atoms with E-state index >= 15 is 0 Å². The van der Waals surface area contributed by atoms with Crippen LogP contribution in [-0.2, 0) is 0 Å². The van der Waals surface area contributed by atoms with Crippen molar-refractivity contribution >= 4 is 29.0 Å². The molecule has 0 saturated heterocycles. The zero-order valence-electron chi connectivity index (χ0n) is 12.2. The number of rotatable bonds is 5. The van der Waals surface area contributed by atoms with Crippen molar-refractivity contribution in [1.82, 2.24) is 5.32 Å². The Labute approximate surface area is 134 Å². The summed E-state index contributed by atoms with van der Waals surface area (Å²) in [5, 5.41) is 14.4. The highest BCUT2D eigenvalue weighted by atomic mass is 32.2. The molecule has 2 rings (SSSR count). The van der Waals surface area contributed by atoms with Gasteiger partial charge in [0.2, 0.25) is 0 Å². The molecule has 0 bridgehead atoms. The number of thiophene rings is 1. The third-order valence-corrected chi connectivity index (χ3v) is 5.72. The van der Waals surface area contributed by atoms with Crippen molar-refractivity contribution in [3.05, 3.63) is 21.9 Å². The second kappa shape index (κ2) is 8.47. The quantitative estimate of drug-likeness (QED) is 0.819. The van der Waals surface area contributed by atoms with E-state index in [-0.39, 0.29) is 18.6 Å². The van der Waals surface area contributed by atoms with E-state index in [9.17, 15) is 4.79 Å². The standard InChI is InChI=1S/C16H21NO2S2/c1-2-20-14-8-5-7-13(14)17-16(19)15-12(9-11-21-15)6-3-4-10-18/h9,11,13-14,18H,2,4-5,7-8,10H2,1H3,(H,17,19). The van der Waals surface area contributed by atoms with Crippen molar-refractivity contribution < 1.29 is 9.90 Å². The summed E-state index contributed by atoms with van der Waals surface area (Å²) >= 11 is 3.37. The first-order valence-corrected chi connectivity index (χ1v) is 9.28. The van der Waals surface area contributed by atoms with E-state index in [2.05, 4.69) is 24.1 Å². The van der Waals surface area contributed by atoms with Gasteiger partial charge in [0, 0.05) is 23.3 Å². The summed E-state index contributed by atoms with van der Waals surface area (Å²) in [4.78, 5) is 13.1. The summed E-state index contributed by atoms with van der Waals surface area (Å²) in [6.45, 7) is 2.21. The molecule has 0 spiro atoms. The lowest BCUT2D eigenvalue weighted by molar-refractivity contribution is 0.0942. The number of hydrogen-bond donors (Lipinski definition) is 2. The predicted molar refractivity (Wildman–Crippen MR) is 89.9 cm³/mol. The molecule has 0 aliphatic heterocycles. The van der Waals surface area contributed by atoms with Crippen LogP contribution in [0.5, 0.6) is 0 Å². The molecule has 1 aliphatic carbocycles. The second-order valence-electron chi connectivity index (χ2n) is 4.94. The molecular weight excluding hydrogens is 302 g/mol. The highest BCUT2D eigenvalue weighted by Gasteiger charge is 2.29. The SMILES string of the molecule is CCSC1CCCC1NC(=O)c1sccc1C#CCCO. The van der Waals surface area contributed by atoms with Crippen LogP contribution in [0, 0.1) is 11.8 Å². The van der Waals surface area contributed by atoms with E-state index in [1.165, 1.54) is 24.2 Å². The van der Waals surface area contributed by atoms with E-state index in [0.717, 1.165) is 17.7 Å². The average molecular weight is 323 g/mol. The van der Waals surface area contributed by atoms with E-state index in [1.54, 1.807) is 0 Å². The maximum Gasteiger partial charge on any atom is 0.262 e. The molecule has 1 aromatic rings. The lowest BCUT2D eigenvalue weighted by Crippen LogP contribution is -2.38. The fraction of sp³-hybridized carbons (Fsp3) is 0.562. The molecule has 1 saturated carbocycles. The molecule has 1 aliphatic rings. The first-order chi connectivity index (χ1) is 10.3. The topological polar surface area (TPSA) is 49.3 Å². The van der Waals surface area contributed by atoms with Crippen LogP contribution in [0.15, 0.2) is 11.4 Å². The smallest absolute Gasteiger partial charge is 0.262 e. The van der Waals surface area contributed by atoms with Crippen LogP contribution in [0.1, 0.15) is 47.8 Å². The molecule has 114 valence electrons. The fourth-order valence-corrected chi connectivity index (χ4v) is 4.49. The summed E-state index contributed by atoms with van der Waals surface area (Å²) in [6.07, 6.45) is 3.89. The summed E-state index contributed by atoms with van der Waals surface area (Å²) in [7, 11) is 0. The maximum atomic E-state index is 12.4. The van der Waals surface area contributed by atoms with Gasteiger partial charge in [0.05, 0.1) is 6.61 Å². The Bertz CT molecular complexity index is 530. The zero-order valence-corrected chi connectivity index (χ0v) is 13.9. The van der Waals surface area contributed by atoms with E-state index < -0.39 is 0 Å². The highest BCUT2D eigenvalue weighted by Crippen LogP contribution is 2.30. The Hall–Kier alpha value is -0.960. The van der Waals surface area contributed by atoms with Crippen molar-refractivity contribution in [3.8, 4) is 11.8 Å². The molecule has 2 atom stereocenters. The van der Waals surface area contributed by atoms with Gasteiger partial charge >= 0.3 is 0 Å². The van der Waals surface area contributed by atoms with Crippen molar-refractivity contribution in [1.29, 1.82) is 0 Å². The zero-order chi connectivity index (χ0) is 15.1. The Morgan fingerprint density at radius 3 is 3.19 bits per heavy atom. The molecule has 1 aromatic heterocycles. The number of nitrogens with one attached hydrogen (secondary N) is 1. The molecular formula is C16H21NO2S2. The lowest BCUT2D eigenvalue weighted by Gasteiger charge is -2.19. The van der Waals surface area contributed by atoms with Crippen LogP contribution in [0.3, 0.4) is 0 Å². The molecule has 3 nitrogen and oxygen atoms in total. The molecule has 1 fully saturated rings. The number of carbonyl (C=O) groups excluding carboxylic acids is 1. The van der Waals surface area contributed by atoms with Gasteiger partial charge in [-0.25, -0.2) is 0 Å². The molecule has 21 heavy (non-hydrogen) atoms. The van der Waals surface area contributed by atoms with E-state index in [0.29, 0.717) is 16.5 Å². The Morgan fingerprint density at radius 1 is 1.57 bits per heavy atom. The number of thioether (sulfide) groups is 1. The minimum Gasteiger partial charge on any atom is -0.395 e. The van der Waals surface area contributed by atoms with Gasteiger partial charge in [0.15, 0.2) is 0 Å². The summed E-state index contributed by atoms with van der Waals surface area (Å²) < 4.78 is 0. The molecule has 0 aromatic carbocycles. The molecule has 0 radical (unpaired) electrons. The fourth-order valence-electron chi connectivity index (χ4n) is 2.54. The summed E-state index contributed by atoms with van der Waals surface area (Å²) in [5.41, 5.74) is 0.767. The van der Waals surface area contributed by atoms with Gasteiger partial charge in [-0.3, -0.25) is 4.79 Å². The van der Waals surface area contributed by atoms with Crippen molar-refractivity contribution in [2.75, 3.05) is 12.4 Å². The van der Waals surface area contributed by atoms with E-state index in [4.69, 9.17) is 5.11 Å². The molecule has 2 N–H and O–H groups in total.